The first kappa shape index (κ1) is 19.6. The molecule has 136 valence electrons. The normalized spacial score (nSPS) is 11.8. The second-order valence-electron chi connectivity index (χ2n) is 5.51. The summed E-state index contributed by atoms with van der Waals surface area (Å²) in [6.45, 7) is 3.43. The average molecular weight is 371 g/mol. The molecule has 0 fully saturated rings. The Morgan fingerprint density at radius 3 is 2.58 bits per heavy atom. The molecule has 0 radical (unpaired) electrons. The Labute approximate surface area is 157 Å². The molecule has 1 N–H and O–H groups in total. The minimum atomic E-state index is -0.931. The second kappa shape index (κ2) is 9.68. The number of ether oxygens (including phenoxy) is 2. The summed E-state index contributed by atoms with van der Waals surface area (Å²) in [6, 6.07) is 15.1. The molecule has 0 aliphatic rings. The third kappa shape index (κ3) is 5.97. The highest BCUT2D eigenvalue weighted by Crippen LogP contribution is 2.25. The molecule has 26 heavy (non-hydrogen) atoms. The number of hydrogen-bond donors (Lipinski definition) is 1. The largest absolute Gasteiger partial charge is 0.495 e. The Kier molecular flexibility index (Phi) is 7.29. The highest BCUT2D eigenvalue weighted by molar-refractivity contribution is 8.02. The summed E-state index contributed by atoms with van der Waals surface area (Å²) < 4.78 is 10.4. The lowest BCUT2D eigenvalue weighted by atomic mass is 10.2. The van der Waals surface area contributed by atoms with Crippen molar-refractivity contribution in [3.8, 4) is 5.75 Å². The molecule has 0 spiro atoms. The van der Waals surface area contributed by atoms with Gasteiger partial charge in [-0.2, -0.15) is 0 Å². The van der Waals surface area contributed by atoms with Crippen LogP contribution in [0.4, 0.5) is 5.69 Å². The van der Waals surface area contributed by atoms with Gasteiger partial charge in [-0.25, -0.2) is 4.79 Å². The van der Waals surface area contributed by atoms with Crippen molar-refractivity contribution in [1.29, 1.82) is 0 Å². The van der Waals surface area contributed by atoms with Crippen molar-refractivity contribution in [2.75, 3.05) is 12.4 Å². The Bertz CT molecular complexity index is 790. The van der Waals surface area contributed by atoms with E-state index in [2.05, 4.69) is 5.32 Å². The van der Waals surface area contributed by atoms with Crippen LogP contribution in [0.5, 0.6) is 5.75 Å². The van der Waals surface area contributed by atoms with Gasteiger partial charge in [0.25, 0.3) is 5.91 Å². The predicted octanol–water partition coefficient (Wildman–Crippen LogP) is 4.18. The fourth-order valence-corrected chi connectivity index (χ4v) is 2.74. The fourth-order valence-electron chi connectivity index (χ4n) is 2.09. The van der Waals surface area contributed by atoms with Crippen molar-refractivity contribution in [1.82, 2.24) is 0 Å². The summed E-state index contributed by atoms with van der Waals surface area (Å²) in [7, 11) is 1.53. The van der Waals surface area contributed by atoms with Gasteiger partial charge in [-0.05, 0) is 49.1 Å². The van der Waals surface area contributed by atoms with E-state index in [9.17, 15) is 9.59 Å². The molecule has 2 rings (SSSR count). The topological polar surface area (TPSA) is 64.6 Å². The van der Waals surface area contributed by atoms with Gasteiger partial charge >= 0.3 is 5.97 Å². The standard InChI is InChI=1S/C20H21NO4S/c1-14-9-10-18(24-3)17(13-14)21-20(23)15(2)25-19(22)11-12-26-16-7-5-4-6-8-16/h4-13,15H,1-3H3,(H,21,23)/b12-11+/t15-/m1/s1. The number of anilines is 1. The van der Waals surface area contributed by atoms with Crippen LogP contribution in [0.2, 0.25) is 0 Å². The molecule has 1 atom stereocenters. The number of hydrogen-bond acceptors (Lipinski definition) is 5. The number of esters is 1. The zero-order chi connectivity index (χ0) is 18.9. The third-order valence-electron chi connectivity index (χ3n) is 3.43. The first-order chi connectivity index (χ1) is 12.5. The molecular formula is C20H21NO4S. The smallest absolute Gasteiger partial charge is 0.332 e. The summed E-state index contributed by atoms with van der Waals surface area (Å²) in [4.78, 5) is 25.1. The minimum absolute atomic E-state index is 0.425. The van der Waals surface area contributed by atoms with E-state index in [1.54, 1.807) is 17.5 Å². The number of benzene rings is 2. The number of nitrogens with one attached hydrogen (secondary N) is 1. The molecule has 5 nitrogen and oxygen atoms in total. The van der Waals surface area contributed by atoms with Crippen LogP contribution < -0.4 is 10.1 Å². The average Bonchev–Trinajstić information content (AvgIpc) is 2.62. The van der Waals surface area contributed by atoms with E-state index in [1.807, 2.05) is 43.3 Å². The van der Waals surface area contributed by atoms with Gasteiger partial charge in [0.05, 0.1) is 12.8 Å². The van der Waals surface area contributed by atoms with E-state index in [0.717, 1.165) is 10.5 Å². The number of methoxy groups -OCH3 is 1. The van der Waals surface area contributed by atoms with Gasteiger partial charge in [0.2, 0.25) is 0 Å². The first-order valence-corrected chi connectivity index (χ1v) is 8.92. The molecule has 0 heterocycles. The molecule has 2 aromatic carbocycles. The molecule has 0 aliphatic carbocycles. The summed E-state index contributed by atoms with van der Waals surface area (Å²) >= 11 is 1.39. The van der Waals surface area contributed by atoms with Gasteiger partial charge in [-0.3, -0.25) is 4.79 Å². The monoisotopic (exact) mass is 371 g/mol. The Hall–Kier alpha value is -2.73. The quantitative estimate of drug-likeness (QED) is 0.449. The van der Waals surface area contributed by atoms with Crippen LogP contribution in [0.1, 0.15) is 12.5 Å². The number of carbonyl (C=O) groups excluding carboxylic acids is 2. The Balaban J connectivity index is 1.88. The number of aryl methyl sites for hydroxylation is 1. The van der Waals surface area contributed by atoms with Crippen LogP contribution in [-0.2, 0) is 14.3 Å². The van der Waals surface area contributed by atoms with E-state index in [-0.39, 0.29) is 0 Å². The van der Waals surface area contributed by atoms with Crippen molar-refractivity contribution >= 4 is 29.3 Å². The Morgan fingerprint density at radius 1 is 1.15 bits per heavy atom. The summed E-state index contributed by atoms with van der Waals surface area (Å²) in [5.41, 5.74) is 1.52. The van der Waals surface area contributed by atoms with Crippen molar-refractivity contribution < 1.29 is 19.1 Å². The number of thioether (sulfide) groups is 1. The molecule has 1 amide bonds. The third-order valence-corrected chi connectivity index (χ3v) is 4.24. The maximum absolute atomic E-state index is 12.2. The van der Waals surface area contributed by atoms with E-state index in [0.29, 0.717) is 11.4 Å². The summed E-state index contributed by atoms with van der Waals surface area (Å²) in [6.07, 6.45) is 0.369. The van der Waals surface area contributed by atoms with Gasteiger partial charge in [0, 0.05) is 11.0 Å². The van der Waals surface area contributed by atoms with Crippen LogP contribution >= 0.6 is 11.8 Å². The van der Waals surface area contributed by atoms with Crippen LogP contribution in [0.3, 0.4) is 0 Å². The number of carbonyl (C=O) groups is 2. The zero-order valence-electron chi connectivity index (χ0n) is 14.9. The predicted molar refractivity (Wildman–Crippen MR) is 103 cm³/mol. The Morgan fingerprint density at radius 2 is 1.88 bits per heavy atom. The van der Waals surface area contributed by atoms with Gasteiger partial charge < -0.3 is 14.8 Å². The number of amides is 1. The molecular weight excluding hydrogens is 350 g/mol. The highest BCUT2D eigenvalue weighted by Gasteiger charge is 2.18. The van der Waals surface area contributed by atoms with E-state index < -0.39 is 18.0 Å². The van der Waals surface area contributed by atoms with Gasteiger partial charge in [-0.1, -0.05) is 36.0 Å². The van der Waals surface area contributed by atoms with Crippen molar-refractivity contribution in [2.45, 2.75) is 24.8 Å². The molecule has 0 bridgehead atoms. The molecule has 0 unspecified atom stereocenters. The maximum atomic E-state index is 12.2. The van der Waals surface area contributed by atoms with Crippen molar-refractivity contribution in [3.05, 3.63) is 65.6 Å². The molecule has 0 saturated heterocycles. The lowest BCUT2D eigenvalue weighted by molar-refractivity contribution is -0.148. The van der Waals surface area contributed by atoms with Crippen LogP contribution in [0, 0.1) is 6.92 Å². The van der Waals surface area contributed by atoms with E-state index in [4.69, 9.17) is 9.47 Å². The second-order valence-corrected chi connectivity index (χ2v) is 6.49. The van der Waals surface area contributed by atoms with E-state index in [1.165, 1.54) is 31.9 Å². The summed E-state index contributed by atoms with van der Waals surface area (Å²) in [5, 5.41) is 4.35. The van der Waals surface area contributed by atoms with Crippen LogP contribution in [0.25, 0.3) is 0 Å². The molecule has 0 aromatic heterocycles. The lowest BCUT2D eigenvalue weighted by Gasteiger charge is -2.15. The number of rotatable bonds is 7. The van der Waals surface area contributed by atoms with E-state index >= 15 is 0 Å². The fraction of sp³-hybridized carbons (Fsp3) is 0.200. The SMILES string of the molecule is COc1ccc(C)cc1NC(=O)[C@@H](C)OC(=O)/C=C/Sc1ccccc1. The highest BCUT2D eigenvalue weighted by atomic mass is 32.2. The first-order valence-electron chi connectivity index (χ1n) is 8.04. The molecule has 6 heteroatoms. The van der Waals surface area contributed by atoms with Gasteiger partial charge in [-0.15, -0.1) is 0 Å². The van der Waals surface area contributed by atoms with Gasteiger partial charge in [0.15, 0.2) is 6.10 Å². The zero-order valence-corrected chi connectivity index (χ0v) is 15.7. The maximum Gasteiger partial charge on any atom is 0.332 e. The van der Waals surface area contributed by atoms with Crippen molar-refractivity contribution in [2.24, 2.45) is 0 Å². The summed E-state index contributed by atoms with van der Waals surface area (Å²) in [5.74, 6) is -0.458. The minimum Gasteiger partial charge on any atom is -0.495 e. The van der Waals surface area contributed by atoms with Crippen LogP contribution in [-0.4, -0.2) is 25.1 Å². The van der Waals surface area contributed by atoms with Crippen molar-refractivity contribution in [3.63, 3.8) is 0 Å². The molecule has 2 aromatic rings. The van der Waals surface area contributed by atoms with Gasteiger partial charge in [0.1, 0.15) is 5.75 Å². The van der Waals surface area contributed by atoms with Crippen LogP contribution in [0.15, 0.2) is 64.9 Å². The molecule has 0 saturated carbocycles. The lowest BCUT2D eigenvalue weighted by Crippen LogP contribution is -2.29. The molecule has 0 aliphatic heterocycles.